The first kappa shape index (κ1) is 25.7. The molecule has 4 atom stereocenters. The minimum Gasteiger partial charge on any atom is -0.507 e. The van der Waals surface area contributed by atoms with Crippen molar-refractivity contribution in [2.75, 3.05) is 7.05 Å². The predicted molar refractivity (Wildman–Crippen MR) is 146 cm³/mol. The van der Waals surface area contributed by atoms with E-state index in [2.05, 4.69) is 19.9 Å². The summed E-state index contributed by atoms with van der Waals surface area (Å²) in [6, 6.07) is 11.5. The Bertz CT molecular complexity index is 1280. The van der Waals surface area contributed by atoms with Crippen molar-refractivity contribution in [2.24, 2.45) is 17.8 Å². The Morgan fingerprint density at radius 2 is 1.86 bits per heavy atom. The molecule has 2 aromatic rings. The number of fused-ring (bicyclic) bond motifs is 4. The Morgan fingerprint density at radius 3 is 2.59 bits per heavy atom. The Morgan fingerprint density at radius 1 is 1.11 bits per heavy atom. The van der Waals surface area contributed by atoms with Gasteiger partial charge in [-0.2, -0.15) is 0 Å². The smallest absolute Gasteiger partial charge is 0.455 e. The number of phenolic OH excluding ortho intramolecular Hbond substituents is 1. The molecule has 3 aliphatic rings. The van der Waals surface area contributed by atoms with Gasteiger partial charge in [-0.15, -0.1) is 0 Å². The SMILES string of the molecule is CCCC1=C2[C@@H](CC/C(=C/c3ccc(O)c4ccccc34)CC)OB(O)C[C@@H]2[C@@H]2C(=O)N(C)C(=O)[C@@H]2C1. The first-order valence-corrected chi connectivity index (χ1v) is 13.6. The van der Waals surface area contributed by atoms with Crippen LogP contribution in [0.4, 0.5) is 0 Å². The van der Waals surface area contributed by atoms with Crippen LogP contribution < -0.4 is 0 Å². The molecule has 0 bridgehead atoms. The Labute approximate surface area is 219 Å². The number of carbonyl (C=O) groups excluding carboxylic acids is 2. The molecule has 7 heteroatoms. The van der Waals surface area contributed by atoms with Crippen LogP contribution >= 0.6 is 0 Å². The summed E-state index contributed by atoms with van der Waals surface area (Å²) < 4.78 is 6.13. The number of carbonyl (C=O) groups is 2. The zero-order valence-electron chi connectivity index (χ0n) is 21.9. The zero-order chi connectivity index (χ0) is 26.3. The zero-order valence-corrected chi connectivity index (χ0v) is 21.9. The predicted octanol–water partition coefficient (Wildman–Crippen LogP) is 5.35. The number of rotatable bonds is 7. The van der Waals surface area contributed by atoms with Crippen molar-refractivity contribution < 1.29 is 24.4 Å². The topological polar surface area (TPSA) is 87.1 Å². The lowest BCUT2D eigenvalue weighted by atomic mass is 9.58. The maximum atomic E-state index is 13.1. The molecule has 2 amide bonds. The molecule has 0 aromatic heterocycles. The monoisotopic (exact) mass is 501 g/mol. The van der Waals surface area contributed by atoms with E-state index in [1.165, 1.54) is 16.0 Å². The van der Waals surface area contributed by atoms with Gasteiger partial charge in [0, 0.05) is 12.4 Å². The van der Waals surface area contributed by atoms with E-state index in [0.717, 1.165) is 47.6 Å². The van der Waals surface area contributed by atoms with Gasteiger partial charge in [0.25, 0.3) is 0 Å². The van der Waals surface area contributed by atoms with Crippen molar-refractivity contribution in [2.45, 2.75) is 64.8 Å². The maximum Gasteiger partial charge on any atom is 0.455 e. The highest BCUT2D eigenvalue weighted by molar-refractivity contribution is 6.43. The summed E-state index contributed by atoms with van der Waals surface area (Å²) in [5.74, 6) is -0.776. The van der Waals surface area contributed by atoms with Crippen LogP contribution in [0.1, 0.15) is 57.9 Å². The van der Waals surface area contributed by atoms with Crippen LogP contribution in [-0.4, -0.2) is 47.1 Å². The lowest BCUT2D eigenvalue weighted by molar-refractivity contribution is -0.138. The lowest BCUT2D eigenvalue weighted by Crippen LogP contribution is -2.46. The molecule has 2 fully saturated rings. The molecule has 5 rings (SSSR count). The second-order valence-corrected chi connectivity index (χ2v) is 10.7. The number of aromatic hydroxyl groups is 1. The normalized spacial score (nSPS) is 26.2. The highest BCUT2D eigenvalue weighted by Crippen LogP contribution is 2.51. The highest BCUT2D eigenvalue weighted by Gasteiger charge is 2.56. The van der Waals surface area contributed by atoms with Crippen molar-refractivity contribution in [3.05, 3.63) is 58.7 Å². The fourth-order valence-corrected chi connectivity index (χ4v) is 6.78. The second kappa shape index (κ2) is 10.5. The molecular formula is C30H36BNO5. The van der Waals surface area contributed by atoms with Gasteiger partial charge in [0.2, 0.25) is 11.8 Å². The van der Waals surface area contributed by atoms with E-state index in [4.69, 9.17) is 4.65 Å². The van der Waals surface area contributed by atoms with Gasteiger partial charge < -0.3 is 14.8 Å². The lowest BCUT2D eigenvalue weighted by Gasteiger charge is -2.43. The summed E-state index contributed by atoms with van der Waals surface area (Å²) in [4.78, 5) is 27.2. The van der Waals surface area contributed by atoms with Crippen molar-refractivity contribution in [3.63, 3.8) is 0 Å². The molecule has 2 saturated heterocycles. The molecule has 0 radical (unpaired) electrons. The standard InChI is InChI=1S/C30H36BNO5/c1-4-8-20-16-23-28(30(35)32(3)29(23)34)24-17-31(36)37-26(27(20)24)14-11-18(5-2)15-19-12-13-25(33)22-10-7-6-9-21(19)22/h6-7,9-10,12-13,15,23-24,26,28,33,36H,4-5,8,11,14,16-17H2,1-3H3/b18-15+/t23-,24+,26-,28-/m1/s1. The number of nitrogens with zero attached hydrogens (tertiary/aromatic N) is 1. The van der Waals surface area contributed by atoms with Crippen LogP contribution in [0.25, 0.3) is 16.8 Å². The number of imide groups is 1. The Kier molecular flexibility index (Phi) is 7.28. The molecular weight excluding hydrogens is 465 g/mol. The fourth-order valence-electron chi connectivity index (χ4n) is 6.78. The summed E-state index contributed by atoms with van der Waals surface area (Å²) in [5.41, 5.74) is 4.73. The molecule has 194 valence electrons. The molecule has 6 nitrogen and oxygen atoms in total. The van der Waals surface area contributed by atoms with Crippen LogP contribution in [0.3, 0.4) is 0 Å². The first-order valence-electron chi connectivity index (χ1n) is 13.6. The van der Waals surface area contributed by atoms with Crippen LogP contribution in [0.15, 0.2) is 53.1 Å². The van der Waals surface area contributed by atoms with Crippen LogP contribution in [0.5, 0.6) is 5.75 Å². The molecule has 2 heterocycles. The number of phenols is 1. The van der Waals surface area contributed by atoms with E-state index in [0.29, 0.717) is 19.2 Å². The summed E-state index contributed by atoms with van der Waals surface area (Å²) in [5, 5.41) is 22.8. The van der Waals surface area contributed by atoms with Gasteiger partial charge in [-0.1, -0.05) is 67.8 Å². The molecule has 0 spiro atoms. The summed E-state index contributed by atoms with van der Waals surface area (Å²) in [6.45, 7) is 4.27. The van der Waals surface area contributed by atoms with E-state index < -0.39 is 13.0 Å². The second-order valence-electron chi connectivity index (χ2n) is 10.7. The first-order chi connectivity index (χ1) is 17.8. The van der Waals surface area contributed by atoms with E-state index in [1.54, 1.807) is 13.1 Å². The number of allylic oxidation sites excluding steroid dienone is 2. The average Bonchev–Trinajstić information content (AvgIpc) is 3.11. The quantitative estimate of drug-likeness (QED) is 0.304. The van der Waals surface area contributed by atoms with Crippen molar-refractivity contribution in [3.8, 4) is 5.75 Å². The van der Waals surface area contributed by atoms with Gasteiger partial charge in [0.1, 0.15) is 5.75 Å². The molecule has 2 aliphatic heterocycles. The number of hydrogen-bond donors (Lipinski definition) is 2. The molecule has 2 N–H and O–H groups in total. The average molecular weight is 501 g/mol. The third-order valence-corrected chi connectivity index (χ3v) is 8.56. The van der Waals surface area contributed by atoms with Gasteiger partial charge in [0.15, 0.2) is 0 Å². The molecule has 2 aromatic carbocycles. The third kappa shape index (κ3) is 4.64. The summed E-state index contributed by atoms with van der Waals surface area (Å²) in [7, 11) is 0.644. The Hall–Kier alpha value is -2.90. The number of hydrogen-bond acceptors (Lipinski definition) is 5. The summed E-state index contributed by atoms with van der Waals surface area (Å²) >= 11 is 0. The van der Waals surface area contributed by atoms with Crippen LogP contribution in [0, 0.1) is 17.8 Å². The summed E-state index contributed by atoms with van der Waals surface area (Å²) in [6.07, 6.45) is 7.13. The number of amides is 2. The number of benzene rings is 2. The van der Waals surface area contributed by atoms with Crippen molar-refractivity contribution >= 4 is 35.8 Å². The van der Waals surface area contributed by atoms with E-state index in [9.17, 15) is 19.7 Å². The number of likely N-dealkylation sites (tertiary alicyclic amines) is 1. The largest absolute Gasteiger partial charge is 0.507 e. The van der Waals surface area contributed by atoms with Crippen molar-refractivity contribution in [1.29, 1.82) is 0 Å². The van der Waals surface area contributed by atoms with Gasteiger partial charge >= 0.3 is 7.12 Å². The van der Waals surface area contributed by atoms with E-state index >= 15 is 0 Å². The van der Waals surface area contributed by atoms with Crippen LogP contribution in [-0.2, 0) is 14.2 Å². The molecule has 0 saturated carbocycles. The van der Waals surface area contributed by atoms with Gasteiger partial charge in [-0.3, -0.25) is 14.5 Å². The maximum absolute atomic E-state index is 13.1. The fraction of sp³-hybridized carbons (Fsp3) is 0.467. The van der Waals surface area contributed by atoms with E-state index in [-0.39, 0.29) is 35.5 Å². The molecule has 37 heavy (non-hydrogen) atoms. The van der Waals surface area contributed by atoms with E-state index in [1.807, 2.05) is 30.3 Å². The van der Waals surface area contributed by atoms with Gasteiger partial charge in [-0.25, -0.2) is 0 Å². The minimum absolute atomic E-state index is 0.0856. The van der Waals surface area contributed by atoms with Gasteiger partial charge in [0.05, 0.1) is 17.9 Å². The van der Waals surface area contributed by atoms with Gasteiger partial charge in [-0.05, 0) is 66.9 Å². The minimum atomic E-state index is -0.940. The van der Waals surface area contributed by atoms with Crippen LogP contribution in [0.2, 0.25) is 6.32 Å². The molecule has 0 unspecified atom stereocenters. The third-order valence-electron chi connectivity index (χ3n) is 8.56. The van der Waals surface area contributed by atoms with Crippen molar-refractivity contribution in [1.82, 2.24) is 4.90 Å². The molecule has 1 aliphatic carbocycles. The Balaban J connectivity index is 1.44. The highest BCUT2D eigenvalue weighted by atomic mass is 16.5.